The molecular formula is C16H10N8OV. The van der Waals surface area contributed by atoms with Crippen molar-refractivity contribution in [2.24, 2.45) is 25.0 Å². The first-order valence-corrected chi connectivity index (χ1v) is 8.14. The second kappa shape index (κ2) is 6.99. The van der Waals surface area contributed by atoms with Gasteiger partial charge in [0.1, 0.15) is 6.17 Å². The van der Waals surface area contributed by atoms with E-state index in [9.17, 15) is 0 Å². The first-order valence-electron chi connectivity index (χ1n) is 7.57. The number of hydrogen-bond donors (Lipinski definition) is 1. The molecule has 125 valence electrons. The summed E-state index contributed by atoms with van der Waals surface area (Å²) in [6.07, 6.45) is 3.37. The molecular weight excluding hydrogens is 371 g/mol. The minimum atomic E-state index is -0.324. The number of aromatic nitrogens is 3. The number of hydrogen-bond acceptors (Lipinski definition) is 6. The van der Waals surface area contributed by atoms with Gasteiger partial charge < -0.3 is 34.9 Å². The quantitative estimate of drug-likeness (QED) is 0.552. The number of aliphatic imine (C=N–C) groups is 1. The van der Waals surface area contributed by atoms with Crippen LogP contribution in [0, 0.1) is 0 Å². The second-order valence-corrected chi connectivity index (χ2v) is 5.28. The van der Waals surface area contributed by atoms with Crippen LogP contribution in [0.15, 0.2) is 73.5 Å². The van der Waals surface area contributed by atoms with Crippen LogP contribution in [-0.4, -0.2) is 17.0 Å². The monoisotopic (exact) mass is 381 g/mol. The zero-order chi connectivity index (χ0) is 17.9. The van der Waals surface area contributed by atoms with E-state index in [2.05, 4.69) is 39.9 Å². The summed E-state index contributed by atoms with van der Waals surface area (Å²) < 4.78 is 8.19. The van der Waals surface area contributed by atoms with Crippen LogP contribution in [0.3, 0.4) is 0 Å². The Kier molecular flexibility index (Phi) is 4.38. The van der Waals surface area contributed by atoms with Gasteiger partial charge in [-0.2, -0.15) is 0 Å². The molecule has 0 aromatic carbocycles. The zero-order valence-corrected chi connectivity index (χ0v) is 14.6. The number of nitrogens with one attached hydrogen (secondary N) is 1. The predicted octanol–water partition coefficient (Wildman–Crippen LogP) is -0.742. The molecule has 3 aromatic heterocycles. The molecule has 26 heavy (non-hydrogen) atoms. The molecule has 1 atom stereocenters. The predicted molar refractivity (Wildman–Crippen MR) is 85.3 cm³/mol. The Labute approximate surface area is 155 Å². The number of rotatable bonds is 0. The molecule has 0 saturated carbocycles. The summed E-state index contributed by atoms with van der Waals surface area (Å²) in [5.41, 5.74) is 2.31. The third-order valence-electron chi connectivity index (χ3n) is 3.52. The Morgan fingerprint density at radius 1 is 0.769 bits per heavy atom. The standard InChI is InChI=1S/C16H10N8.O.V/c1-2-10-17-9(1)21-11-3-4-13(18-11)23-15-7-8-16(20-15)24-14-6-5-12(19-14)22-10;;/h1-9,20H;;/q-2;;+2. The SMILES string of the molecule is C1=CC2N=C1N=c1cc/c([n-]1)=N/c1ccc([nH]1)/N=c1/cc/c([n-]1)=N/2.[O]=[V+2]. The Morgan fingerprint density at radius 3 is 2.04 bits per heavy atom. The number of amidine groups is 1. The van der Waals surface area contributed by atoms with Gasteiger partial charge in [0.05, 0.1) is 17.5 Å². The van der Waals surface area contributed by atoms with Gasteiger partial charge in [-0.1, -0.05) is 6.08 Å². The normalized spacial score (nSPS) is 20.9. The molecule has 0 amide bonds. The topological polar surface area (TPSA) is 123 Å². The molecule has 10 heteroatoms. The van der Waals surface area contributed by atoms with Crippen molar-refractivity contribution in [2.75, 3.05) is 0 Å². The Bertz CT molecular complexity index is 1250. The van der Waals surface area contributed by atoms with Crippen LogP contribution >= 0.6 is 0 Å². The maximum atomic E-state index is 8.19. The van der Waals surface area contributed by atoms with Gasteiger partial charge in [-0.15, -0.1) is 0 Å². The Balaban J connectivity index is 0.000000814. The van der Waals surface area contributed by atoms with Gasteiger partial charge in [0.25, 0.3) is 0 Å². The summed E-state index contributed by atoms with van der Waals surface area (Å²) >= 11 is 1.06. The van der Waals surface area contributed by atoms with Crippen LogP contribution in [0.2, 0.25) is 0 Å². The van der Waals surface area contributed by atoms with E-state index in [1.54, 1.807) is 12.1 Å². The van der Waals surface area contributed by atoms with Crippen LogP contribution < -0.4 is 31.9 Å². The maximum absolute atomic E-state index is 8.19. The van der Waals surface area contributed by atoms with Gasteiger partial charge in [0.2, 0.25) is 0 Å². The number of fused-ring (bicyclic) bond motifs is 7. The summed E-state index contributed by atoms with van der Waals surface area (Å²) in [6, 6.07) is 10.9. The fourth-order valence-corrected chi connectivity index (χ4v) is 2.47. The van der Waals surface area contributed by atoms with Crippen molar-refractivity contribution in [1.82, 2.24) is 15.0 Å². The van der Waals surface area contributed by atoms with E-state index < -0.39 is 0 Å². The van der Waals surface area contributed by atoms with Crippen molar-refractivity contribution in [3.05, 3.63) is 70.5 Å². The van der Waals surface area contributed by atoms with E-state index in [1.165, 1.54) is 0 Å². The van der Waals surface area contributed by atoms with Crippen LogP contribution in [0.25, 0.3) is 0 Å². The first-order chi connectivity index (χ1) is 12.8. The number of aromatic amines is 1. The molecule has 1 N–H and O–H groups in total. The minimum absolute atomic E-state index is 0.324. The second-order valence-electron chi connectivity index (χ2n) is 5.28. The fraction of sp³-hybridized carbons (Fsp3) is 0.0625. The average molecular weight is 381 g/mol. The first kappa shape index (κ1) is 16.3. The van der Waals surface area contributed by atoms with Crippen LogP contribution in [0.1, 0.15) is 0 Å². The van der Waals surface area contributed by atoms with Crippen molar-refractivity contribution in [2.45, 2.75) is 6.17 Å². The van der Waals surface area contributed by atoms with Gasteiger partial charge in [-0.3, -0.25) is 4.99 Å². The van der Waals surface area contributed by atoms with E-state index in [-0.39, 0.29) is 6.17 Å². The van der Waals surface area contributed by atoms with E-state index >= 15 is 0 Å². The van der Waals surface area contributed by atoms with Crippen molar-refractivity contribution in [3.63, 3.8) is 0 Å². The van der Waals surface area contributed by atoms with Crippen LogP contribution in [0.5, 0.6) is 0 Å². The Hall–Kier alpha value is -3.17. The van der Waals surface area contributed by atoms with Crippen molar-refractivity contribution in [1.29, 1.82) is 0 Å². The molecule has 1 unspecified atom stereocenters. The Morgan fingerprint density at radius 2 is 1.35 bits per heavy atom. The molecule has 0 fully saturated rings. The molecule has 0 radical (unpaired) electrons. The van der Waals surface area contributed by atoms with Gasteiger partial charge >= 0.3 is 21.0 Å². The van der Waals surface area contributed by atoms with E-state index in [4.69, 9.17) is 3.67 Å². The fourth-order valence-electron chi connectivity index (χ4n) is 2.47. The molecule has 9 nitrogen and oxygen atoms in total. The molecule has 5 heterocycles. The van der Waals surface area contributed by atoms with Gasteiger partial charge in [-0.05, 0) is 42.5 Å². The summed E-state index contributed by atoms with van der Waals surface area (Å²) in [4.78, 5) is 34.0. The van der Waals surface area contributed by atoms with Gasteiger partial charge in [0, 0.05) is 22.0 Å². The molecule has 0 spiro atoms. The number of H-pyrrole nitrogens is 1. The summed E-state index contributed by atoms with van der Waals surface area (Å²) in [5.74, 6) is 1.92. The summed E-state index contributed by atoms with van der Waals surface area (Å²) in [6.45, 7) is 0. The van der Waals surface area contributed by atoms with Crippen LogP contribution in [0.4, 0.5) is 11.6 Å². The third kappa shape index (κ3) is 3.44. The van der Waals surface area contributed by atoms with Gasteiger partial charge in [-0.25, -0.2) is 0 Å². The molecule has 0 saturated heterocycles. The summed E-state index contributed by atoms with van der Waals surface area (Å²) in [5, 5.41) is 0. The zero-order valence-electron chi connectivity index (χ0n) is 13.2. The van der Waals surface area contributed by atoms with Crippen molar-refractivity contribution < 1.29 is 21.0 Å². The molecule has 2 aliphatic rings. The van der Waals surface area contributed by atoms with Gasteiger partial charge in [0.15, 0.2) is 0 Å². The van der Waals surface area contributed by atoms with Crippen molar-refractivity contribution in [3.8, 4) is 0 Å². The molecule has 2 aliphatic heterocycles. The average Bonchev–Trinajstić information content (AvgIpc) is 3.42. The number of nitrogens with zero attached hydrogens (tertiary/aromatic N) is 7. The van der Waals surface area contributed by atoms with Crippen LogP contribution in [-0.2, 0) is 21.0 Å². The molecule has 0 aliphatic carbocycles. The molecule has 5 rings (SSSR count). The van der Waals surface area contributed by atoms with E-state index in [0.717, 1.165) is 17.4 Å². The summed E-state index contributed by atoms with van der Waals surface area (Å²) in [7, 11) is 0. The van der Waals surface area contributed by atoms with E-state index in [0.29, 0.717) is 39.4 Å². The third-order valence-corrected chi connectivity index (χ3v) is 3.52. The molecule has 8 bridgehead atoms. The van der Waals surface area contributed by atoms with E-state index in [1.807, 2.05) is 36.4 Å². The molecule has 3 aromatic rings. The van der Waals surface area contributed by atoms with Crippen molar-refractivity contribution >= 4 is 17.5 Å².